The third kappa shape index (κ3) is 21.0. The molecule has 1 aliphatic rings. The molecule has 1 aliphatic heterocycles. The van der Waals surface area contributed by atoms with Crippen molar-refractivity contribution in [1.29, 1.82) is 0 Å². The Bertz CT molecular complexity index is 413. The molecule has 0 bridgehead atoms. The molecule has 1 rings (SSSR count). The van der Waals surface area contributed by atoms with Gasteiger partial charge < -0.3 is 9.80 Å². The maximum atomic E-state index is 2.80. The summed E-state index contributed by atoms with van der Waals surface area (Å²) in [6.45, 7) is 12.6. The summed E-state index contributed by atoms with van der Waals surface area (Å²) in [7, 11) is 0. The van der Waals surface area contributed by atoms with E-state index in [1.54, 1.807) is 0 Å². The molecular formula is C32H64N2. The number of unbranched alkanes of at least 4 members (excludes halogenated alkanes) is 17. The molecule has 0 aromatic heterocycles. The van der Waals surface area contributed by atoms with Gasteiger partial charge in [0.2, 0.25) is 0 Å². The van der Waals surface area contributed by atoms with Crippen LogP contribution in [0.15, 0.2) is 12.2 Å². The van der Waals surface area contributed by atoms with E-state index >= 15 is 0 Å². The minimum atomic E-state index is 1.30. The van der Waals surface area contributed by atoms with Crippen molar-refractivity contribution in [3.05, 3.63) is 12.2 Å². The van der Waals surface area contributed by atoms with Crippen molar-refractivity contribution in [2.75, 3.05) is 39.3 Å². The molecule has 1 fully saturated rings. The number of nitrogens with zero attached hydrogens (tertiary/aromatic N) is 2. The van der Waals surface area contributed by atoms with Crippen LogP contribution in [0.3, 0.4) is 0 Å². The van der Waals surface area contributed by atoms with Crippen molar-refractivity contribution in [3.63, 3.8) is 0 Å². The third-order valence-electron chi connectivity index (χ3n) is 7.75. The fourth-order valence-corrected chi connectivity index (χ4v) is 5.32. The molecule has 0 aromatic rings. The van der Waals surface area contributed by atoms with E-state index in [1.807, 2.05) is 0 Å². The van der Waals surface area contributed by atoms with Crippen molar-refractivity contribution in [2.45, 2.75) is 155 Å². The Kier molecular flexibility index (Phi) is 24.0. The number of likely N-dealkylation sites (tertiary alicyclic amines) is 1. The molecule has 2 nitrogen and oxygen atoms in total. The predicted molar refractivity (Wildman–Crippen MR) is 155 cm³/mol. The van der Waals surface area contributed by atoms with E-state index < -0.39 is 0 Å². The van der Waals surface area contributed by atoms with Crippen LogP contribution in [-0.2, 0) is 0 Å². The van der Waals surface area contributed by atoms with Gasteiger partial charge in [-0.15, -0.1) is 0 Å². The van der Waals surface area contributed by atoms with Gasteiger partial charge in [0.25, 0.3) is 0 Å². The highest BCUT2D eigenvalue weighted by atomic mass is 15.2. The van der Waals surface area contributed by atoms with Crippen LogP contribution in [0.1, 0.15) is 155 Å². The Balaban J connectivity index is 1.97. The quantitative estimate of drug-likeness (QED) is 0.0905. The van der Waals surface area contributed by atoms with Crippen LogP contribution >= 0.6 is 0 Å². The smallest absolute Gasteiger partial charge is 0.0109 e. The first kappa shape index (κ1) is 31.7. The molecule has 202 valence electrons. The predicted octanol–water partition coefficient (Wildman–Crippen LogP) is 9.78. The molecule has 0 N–H and O–H groups in total. The lowest BCUT2D eigenvalue weighted by molar-refractivity contribution is 0.217. The van der Waals surface area contributed by atoms with E-state index in [-0.39, 0.29) is 0 Å². The third-order valence-corrected chi connectivity index (χ3v) is 7.75. The zero-order valence-electron chi connectivity index (χ0n) is 23.8. The van der Waals surface area contributed by atoms with E-state index in [0.717, 1.165) is 0 Å². The number of hydrogen-bond donors (Lipinski definition) is 0. The highest BCUT2D eigenvalue weighted by Gasteiger charge is 2.13. The first-order valence-corrected chi connectivity index (χ1v) is 16.0. The molecule has 0 amide bonds. The second-order valence-electron chi connectivity index (χ2n) is 11.1. The zero-order valence-corrected chi connectivity index (χ0v) is 23.8. The molecule has 0 unspecified atom stereocenters. The first-order valence-electron chi connectivity index (χ1n) is 16.0. The van der Waals surface area contributed by atoms with Crippen LogP contribution in [-0.4, -0.2) is 49.1 Å². The Morgan fingerprint density at radius 1 is 0.500 bits per heavy atom. The van der Waals surface area contributed by atoms with Gasteiger partial charge in [-0.1, -0.05) is 116 Å². The van der Waals surface area contributed by atoms with Crippen LogP contribution in [0.5, 0.6) is 0 Å². The van der Waals surface area contributed by atoms with E-state index in [1.165, 1.54) is 181 Å². The van der Waals surface area contributed by atoms with Gasteiger partial charge in [0.1, 0.15) is 0 Å². The Labute approximate surface area is 216 Å². The molecule has 0 saturated carbocycles. The SMILES string of the molecule is CCCCCCCC/C=C\CCCCCCCCN(CCCCCCCC)CCN1CCCC1. The summed E-state index contributed by atoms with van der Waals surface area (Å²) in [6, 6.07) is 0. The number of hydrogen-bond acceptors (Lipinski definition) is 2. The fraction of sp³-hybridized carbons (Fsp3) is 0.938. The van der Waals surface area contributed by atoms with Crippen LogP contribution in [0.4, 0.5) is 0 Å². The molecule has 0 aromatic carbocycles. The first-order chi connectivity index (χ1) is 16.9. The summed E-state index contributed by atoms with van der Waals surface area (Å²) in [4.78, 5) is 5.49. The second-order valence-corrected chi connectivity index (χ2v) is 11.1. The monoisotopic (exact) mass is 477 g/mol. The summed E-state index contributed by atoms with van der Waals surface area (Å²) < 4.78 is 0. The Morgan fingerprint density at radius 2 is 0.912 bits per heavy atom. The van der Waals surface area contributed by atoms with Gasteiger partial charge >= 0.3 is 0 Å². The second kappa shape index (κ2) is 25.7. The normalized spacial score (nSPS) is 14.8. The average molecular weight is 477 g/mol. The Morgan fingerprint density at radius 3 is 1.38 bits per heavy atom. The van der Waals surface area contributed by atoms with Crippen molar-refractivity contribution >= 4 is 0 Å². The van der Waals surface area contributed by atoms with E-state index in [0.29, 0.717) is 0 Å². The minimum Gasteiger partial charge on any atom is -0.302 e. The molecule has 0 spiro atoms. The molecule has 1 saturated heterocycles. The van der Waals surface area contributed by atoms with E-state index in [9.17, 15) is 0 Å². The van der Waals surface area contributed by atoms with Gasteiger partial charge in [-0.25, -0.2) is 0 Å². The molecule has 2 heteroatoms. The van der Waals surface area contributed by atoms with Gasteiger partial charge in [0.15, 0.2) is 0 Å². The summed E-state index contributed by atoms with van der Waals surface area (Å²) in [5.41, 5.74) is 0. The van der Waals surface area contributed by atoms with Crippen molar-refractivity contribution in [3.8, 4) is 0 Å². The van der Waals surface area contributed by atoms with Crippen LogP contribution < -0.4 is 0 Å². The molecule has 0 atom stereocenters. The summed E-state index contributed by atoms with van der Waals surface area (Å²) in [5.74, 6) is 0. The molecular weight excluding hydrogens is 412 g/mol. The average Bonchev–Trinajstić information content (AvgIpc) is 3.37. The highest BCUT2D eigenvalue weighted by Crippen LogP contribution is 2.12. The maximum Gasteiger partial charge on any atom is 0.0109 e. The lowest BCUT2D eigenvalue weighted by Crippen LogP contribution is -2.35. The molecule has 0 aliphatic carbocycles. The maximum absolute atomic E-state index is 2.80. The molecule has 1 heterocycles. The highest BCUT2D eigenvalue weighted by molar-refractivity contribution is 4.81. The molecule has 0 radical (unpaired) electrons. The van der Waals surface area contributed by atoms with Gasteiger partial charge in [-0.2, -0.15) is 0 Å². The lowest BCUT2D eigenvalue weighted by Gasteiger charge is -2.25. The topological polar surface area (TPSA) is 6.48 Å². The van der Waals surface area contributed by atoms with Gasteiger partial charge in [-0.05, 0) is 77.5 Å². The lowest BCUT2D eigenvalue weighted by atomic mass is 10.1. The summed E-state index contributed by atoms with van der Waals surface area (Å²) in [5, 5.41) is 0. The standard InChI is InChI=1S/C32H64N2/c1-3-5-7-9-11-12-13-14-15-16-17-18-19-20-22-24-28-33(27-23-21-10-8-6-4-2)31-32-34-29-25-26-30-34/h14-15H,3-13,16-32H2,1-2H3/b15-14-. The van der Waals surface area contributed by atoms with Crippen molar-refractivity contribution < 1.29 is 0 Å². The minimum absolute atomic E-state index is 1.30. The van der Waals surface area contributed by atoms with E-state index in [4.69, 9.17) is 0 Å². The van der Waals surface area contributed by atoms with Crippen LogP contribution in [0, 0.1) is 0 Å². The van der Waals surface area contributed by atoms with Crippen molar-refractivity contribution in [2.24, 2.45) is 0 Å². The van der Waals surface area contributed by atoms with Gasteiger partial charge in [0.05, 0.1) is 0 Å². The van der Waals surface area contributed by atoms with Crippen LogP contribution in [0.2, 0.25) is 0 Å². The number of allylic oxidation sites excluding steroid dienone is 2. The van der Waals surface area contributed by atoms with Crippen LogP contribution in [0.25, 0.3) is 0 Å². The largest absolute Gasteiger partial charge is 0.302 e. The molecule has 34 heavy (non-hydrogen) atoms. The van der Waals surface area contributed by atoms with E-state index in [2.05, 4.69) is 35.8 Å². The zero-order chi connectivity index (χ0) is 24.4. The van der Waals surface area contributed by atoms with Crippen molar-refractivity contribution in [1.82, 2.24) is 9.80 Å². The van der Waals surface area contributed by atoms with Gasteiger partial charge in [0, 0.05) is 13.1 Å². The fourth-order valence-electron chi connectivity index (χ4n) is 5.32. The number of rotatable bonds is 26. The Hall–Kier alpha value is -0.340. The summed E-state index contributed by atoms with van der Waals surface area (Å²) >= 11 is 0. The summed E-state index contributed by atoms with van der Waals surface area (Å²) in [6.07, 6.45) is 35.9. The van der Waals surface area contributed by atoms with Gasteiger partial charge in [-0.3, -0.25) is 0 Å².